The van der Waals surface area contributed by atoms with E-state index in [1.165, 1.54) is 0 Å². The highest BCUT2D eigenvalue weighted by atomic mass is 32.2. The van der Waals surface area contributed by atoms with E-state index < -0.39 is 10.0 Å². The van der Waals surface area contributed by atoms with Crippen LogP contribution < -0.4 is 0 Å². The molecule has 0 amide bonds. The number of rotatable bonds is 8. The van der Waals surface area contributed by atoms with Crippen LogP contribution in [0, 0.1) is 6.92 Å². The van der Waals surface area contributed by atoms with Gasteiger partial charge in [0.25, 0.3) is 0 Å². The lowest BCUT2D eigenvalue weighted by molar-refractivity contribution is 0.280. The Morgan fingerprint density at radius 2 is 1.95 bits per heavy atom. The van der Waals surface area contributed by atoms with E-state index in [9.17, 15) is 13.5 Å². The molecule has 0 aliphatic rings. The zero-order chi connectivity index (χ0) is 16.0. The van der Waals surface area contributed by atoms with Gasteiger partial charge in [-0.25, -0.2) is 8.42 Å². The maximum atomic E-state index is 13.0. The Morgan fingerprint density at radius 1 is 1.29 bits per heavy atom. The Labute approximate surface area is 128 Å². The Morgan fingerprint density at radius 3 is 2.48 bits per heavy atom. The summed E-state index contributed by atoms with van der Waals surface area (Å²) in [4.78, 5) is 0.311. The molecule has 0 radical (unpaired) electrons. The van der Waals surface area contributed by atoms with Gasteiger partial charge in [0, 0.05) is 12.6 Å². The summed E-state index contributed by atoms with van der Waals surface area (Å²) in [5.74, 6) is 0. The molecule has 4 nitrogen and oxygen atoms in total. The fourth-order valence-electron chi connectivity index (χ4n) is 2.33. The lowest BCUT2D eigenvalue weighted by Crippen LogP contribution is -2.39. The average Bonchev–Trinajstić information content (AvgIpc) is 2.47. The summed E-state index contributed by atoms with van der Waals surface area (Å²) in [6, 6.07) is 5.05. The van der Waals surface area contributed by atoms with Crippen molar-refractivity contribution in [2.24, 2.45) is 0 Å². The highest BCUT2D eigenvalue weighted by Gasteiger charge is 2.29. The van der Waals surface area contributed by atoms with Crippen molar-refractivity contribution in [3.8, 4) is 0 Å². The summed E-state index contributed by atoms with van der Waals surface area (Å²) in [7, 11) is -3.53. The lowest BCUT2D eigenvalue weighted by Gasteiger charge is -2.28. The summed E-state index contributed by atoms with van der Waals surface area (Å²) < 4.78 is 27.5. The van der Waals surface area contributed by atoms with Crippen LogP contribution in [0.15, 0.2) is 23.1 Å². The number of aliphatic hydroxyl groups excluding tert-OH is 1. The van der Waals surface area contributed by atoms with Crippen molar-refractivity contribution in [1.82, 2.24) is 4.31 Å². The van der Waals surface area contributed by atoms with Gasteiger partial charge in [0.2, 0.25) is 10.0 Å². The predicted molar refractivity (Wildman–Crippen MR) is 85.7 cm³/mol. The molecule has 0 saturated carbocycles. The molecule has 0 saturated heterocycles. The molecule has 1 N–H and O–H groups in total. The molecular weight excluding hydrogens is 286 g/mol. The van der Waals surface area contributed by atoms with E-state index in [1.54, 1.807) is 29.4 Å². The van der Waals surface area contributed by atoms with Crippen LogP contribution in [0.25, 0.3) is 0 Å². The topological polar surface area (TPSA) is 57.6 Å². The molecule has 0 aliphatic heterocycles. The standard InChI is InChI=1S/C16H27NO3S/c1-5-7-11-17(13(3)6-2)21(19,20)16-10-8-9-15(12-18)14(16)4/h8-10,13,18H,5-7,11-12H2,1-4H3. The smallest absolute Gasteiger partial charge is 0.243 e. The van der Waals surface area contributed by atoms with Crippen LogP contribution in [0.3, 0.4) is 0 Å². The molecule has 0 fully saturated rings. The highest BCUT2D eigenvalue weighted by Crippen LogP contribution is 2.25. The molecule has 0 aliphatic carbocycles. The summed E-state index contributed by atoms with van der Waals surface area (Å²) >= 11 is 0. The van der Waals surface area contributed by atoms with Gasteiger partial charge in [0.1, 0.15) is 0 Å². The SMILES string of the molecule is CCCCN(C(C)CC)S(=O)(=O)c1cccc(CO)c1C. The number of nitrogens with zero attached hydrogens (tertiary/aromatic N) is 1. The van der Waals surface area contributed by atoms with Gasteiger partial charge >= 0.3 is 0 Å². The van der Waals surface area contributed by atoms with Gasteiger partial charge in [-0.2, -0.15) is 4.31 Å². The van der Waals surface area contributed by atoms with E-state index >= 15 is 0 Å². The summed E-state index contributed by atoms with van der Waals surface area (Å²) in [6.45, 7) is 8.14. The quantitative estimate of drug-likeness (QED) is 0.802. The van der Waals surface area contributed by atoms with Gasteiger partial charge in [-0.3, -0.25) is 0 Å². The third-order valence-corrected chi connectivity index (χ3v) is 6.13. The molecule has 0 aromatic heterocycles. The summed E-state index contributed by atoms with van der Waals surface area (Å²) in [5.41, 5.74) is 1.31. The maximum Gasteiger partial charge on any atom is 0.243 e. The molecule has 0 bridgehead atoms. The van der Waals surface area contributed by atoms with Crippen LogP contribution >= 0.6 is 0 Å². The van der Waals surface area contributed by atoms with Crippen LogP contribution in [0.5, 0.6) is 0 Å². The second-order valence-electron chi connectivity index (χ2n) is 5.42. The Bertz CT molecular complexity index is 555. The normalized spacial score (nSPS) is 13.6. The molecular formula is C16H27NO3S. The first-order valence-electron chi connectivity index (χ1n) is 7.61. The van der Waals surface area contributed by atoms with E-state index in [4.69, 9.17) is 0 Å². The maximum absolute atomic E-state index is 13.0. The van der Waals surface area contributed by atoms with Crippen molar-refractivity contribution in [2.45, 2.75) is 64.5 Å². The molecule has 0 spiro atoms. The fourth-order valence-corrected chi connectivity index (χ4v) is 4.35. The second kappa shape index (κ2) is 7.92. The minimum atomic E-state index is -3.53. The first-order valence-corrected chi connectivity index (χ1v) is 9.05. The van der Waals surface area contributed by atoms with Gasteiger partial charge < -0.3 is 5.11 Å². The monoisotopic (exact) mass is 313 g/mol. The fraction of sp³-hybridized carbons (Fsp3) is 0.625. The molecule has 0 heterocycles. The van der Waals surface area contributed by atoms with E-state index in [0.717, 1.165) is 19.3 Å². The molecule has 120 valence electrons. The highest BCUT2D eigenvalue weighted by molar-refractivity contribution is 7.89. The van der Waals surface area contributed by atoms with E-state index in [2.05, 4.69) is 6.92 Å². The average molecular weight is 313 g/mol. The molecule has 1 atom stereocenters. The van der Waals surface area contributed by atoms with Gasteiger partial charge in [-0.05, 0) is 43.9 Å². The van der Waals surface area contributed by atoms with Crippen molar-refractivity contribution < 1.29 is 13.5 Å². The molecule has 21 heavy (non-hydrogen) atoms. The van der Waals surface area contributed by atoms with Crippen LogP contribution in [-0.2, 0) is 16.6 Å². The molecule has 5 heteroatoms. The molecule has 1 aromatic carbocycles. The minimum absolute atomic E-state index is 0.0290. The zero-order valence-electron chi connectivity index (χ0n) is 13.5. The molecule has 1 unspecified atom stereocenters. The van der Waals surface area contributed by atoms with E-state index in [0.29, 0.717) is 22.6 Å². The molecule has 1 aromatic rings. The number of benzene rings is 1. The number of hydrogen-bond acceptors (Lipinski definition) is 3. The van der Waals surface area contributed by atoms with Gasteiger partial charge in [-0.1, -0.05) is 32.4 Å². The Hall–Kier alpha value is -0.910. The summed E-state index contributed by atoms with van der Waals surface area (Å²) in [6.07, 6.45) is 2.59. The van der Waals surface area contributed by atoms with Crippen molar-refractivity contribution >= 4 is 10.0 Å². The van der Waals surface area contributed by atoms with E-state index in [1.807, 2.05) is 13.8 Å². The van der Waals surface area contributed by atoms with E-state index in [-0.39, 0.29) is 12.6 Å². The number of aliphatic hydroxyl groups is 1. The van der Waals surface area contributed by atoms with Crippen LogP contribution in [0.1, 0.15) is 51.2 Å². The largest absolute Gasteiger partial charge is 0.392 e. The first-order chi connectivity index (χ1) is 9.89. The molecule has 1 rings (SSSR count). The number of hydrogen-bond donors (Lipinski definition) is 1. The first kappa shape index (κ1) is 18.1. The summed E-state index contributed by atoms with van der Waals surface area (Å²) in [5, 5.41) is 9.34. The van der Waals surface area contributed by atoms with Crippen molar-refractivity contribution in [3.05, 3.63) is 29.3 Å². The lowest BCUT2D eigenvalue weighted by atomic mass is 10.1. The van der Waals surface area contributed by atoms with Crippen LogP contribution in [-0.4, -0.2) is 30.4 Å². The zero-order valence-corrected chi connectivity index (χ0v) is 14.3. The van der Waals surface area contributed by atoms with Crippen molar-refractivity contribution in [2.75, 3.05) is 6.54 Å². The van der Waals surface area contributed by atoms with Gasteiger partial charge in [0.05, 0.1) is 11.5 Å². The Kier molecular flexibility index (Phi) is 6.84. The third kappa shape index (κ3) is 4.05. The van der Waals surface area contributed by atoms with Crippen LogP contribution in [0.4, 0.5) is 0 Å². The van der Waals surface area contributed by atoms with Gasteiger partial charge in [-0.15, -0.1) is 0 Å². The van der Waals surface area contributed by atoms with Crippen molar-refractivity contribution in [1.29, 1.82) is 0 Å². The second-order valence-corrected chi connectivity index (χ2v) is 7.28. The predicted octanol–water partition coefficient (Wildman–Crippen LogP) is 3.08. The Balaban J connectivity index is 3.28. The van der Waals surface area contributed by atoms with Crippen molar-refractivity contribution in [3.63, 3.8) is 0 Å². The third-order valence-electron chi connectivity index (χ3n) is 3.97. The number of sulfonamides is 1. The van der Waals surface area contributed by atoms with Crippen LogP contribution in [0.2, 0.25) is 0 Å². The number of unbranched alkanes of at least 4 members (excludes halogenated alkanes) is 1. The minimum Gasteiger partial charge on any atom is -0.392 e. The van der Waals surface area contributed by atoms with Gasteiger partial charge in [0.15, 0.2) is 0 Å².